The molecule has 32 heavy (non-hydrogen) atoms. The summed E-state index contributed by atoms with van der Waals surface area (Å²) < 4.78 is 40.1. The lowest BCUT2D eigenvalue weighted by atomic mass is 10.00. The number of aliphatic hydroxyl groups is 1. The Morgan fingerprint density at radius 2 is 1.88 bits per heavy atom. The lowest BCUT2D eigenvalue weighted by Crippen LogP contribution is -2.44. The van der Waals surface area contributed by atoms with Crippen molar-refractivity contribution in [1.82, 2.24) is 19.7 Å². The van der Waals surface area contributed by atoms with E-state index >= 15 is 0 Å². The van der Waals surface area contributed by atoms with Gasteiger partial charge in [-0.1, -0.05) is 41.9 Å². The summed E-state index contributed by atoms with van der Waals surface area (Å²) in [5, 5.41) is 12.4. The van der Waals surface area contributed by atoms with Crippen molar-refractivity contribution in [3.8, 4) is 22.4 Å². The first-order chi connectivity index (χ1) is 15.2. The minimum atomic E-state index is -4.45. The SMILES string of the molecule is Nc1nc(-c2ccccc2)c(-c2cc(Cl)nc(CO)c2)c2[nH]n(CCC(F)(F)F)c(=O)[n+]12. The smallest absolute Gasteiger partial charge is 0.390 e. The first kappa shape index (κ1) is 21.8. The number of hydrogen-bond acceptors (Lipinski definition) is 5. The molecule has 1 aromatic carbocycles. The van der Waals surface area contributed by atoms with Crippen molar-refractivity contribution < 1.29 is 22.7 Å². The van der Waals surface area contributed by atoms with Crippen LogP contribution in [0.2, 0.25) is 5.15 Å². The van der Waals surface area contributed by atoms with E-state index in [4.69, 9.17) is 17.3 Å². The van der Waals surface area contributed by atoms with Gasteiger partial charge in [0.15, 0.2) is 0 Å². The minimum Gasteiger partial charge on any atom is -0.390 e. The molecular weight excluding hydrogens is 449 g/mol. The molecule has 4 N–H and O–H groups in total. The zero-order chi connectivity index (χ0) is 23.0. The zero-order valence-electron chi connectivity index (χ0n) is 16.4. The van der Waals surface area contributed by atoms with Crippen LogP contribution in [0.15, 0.2) is 47.3 Å². The maximum atomic E-state index is 12.8. The van der Waals surface area contributed by atoms with Gasteiger partial charge in [-0.3, -0.25) is 0 Å². The van der Waals surface area contributed by atoms with Crippen molar-refractivity contribution in [2.75, 3.05) is 5.73 Å². The highest BCUT2D eigenvalue weighted by Gasteiger charge is 2.30. The van der Waals surface area contributed by atoms with Crippen molar-refractivity contribution in [1.29, 1.82) is 0 Å². The third kappa shape index (κ3) is 4.16. The van der Waals surface area contributed by atoms with Crippen LogP contribution in [-0.2, 0) is 13.2 Å². The summed E-state index contributed by atoms with van der Waals surface area (Å²) in [7, 11) is 0. The van der Waals surface area contributed by atoms with E-state index in [1.807, 2.05) is 6.07 Å². The maximum absolute atomic E-state index is 12.8. The van der Waals surface area contributed by atoms with Crippen LogP contribution in [0.4, 0.5) is 19.1 Å². The number of H-pyrrole nitrogens is 1. The summed E-state index contributed by atoms with van der Waals surface area (Å²) in [5.41, 5.74) is 7.49. The second-order valence-corrected chi connectivity index (χ2v) is 7.37. The van der Waals surface area contributed by atoms with E-state index in [2.05, 4.69) is 15.1 Å². The lowest BCUT2D eigenvalue weighted by molar-refractivity contribution is -0.516. The molecule has 12 heteroatoms. The van der Waals surface area contributed by atoms with Crippen LogP contribution in [0.25, 0.3) is 28.0 Å². The van der Waals surface area contributed by atoms with Gasteiger partial charge in [-0.15, -0.1) is 9.38 Å². The fourth-order valence-corrected chi connectivity index (χ4v) is 3.63. The number of fused-ring (bicyclic) bond motifs is 1. The molecule has 0 aliphatic rings. The van der Waals surface area contributed by atoms with E-state index in [9.17, 15) is 23.1 Å². The number of alkyl halides is 3. The third-order valence-electron chi connectivity index (χ3n) is 4.78. The lowest BCUT2D eigenvalue weighted by Gasteiger charge is -2.10. The molecule has 0 fully saturated rings. The first-order valence-electron chi connectivity index (χ1n) is 9.42. The van der Waals surface area contributed by atoms with Crippen molar-refractivity contribution in [3.05, 3.63) is 63.8 Å². The fourth-order valence-electron chi connectivity index (χ4n) is 3.40. The number of anilines is 1. The quantitative estimate of drug-likeness (QED) is 0.310. The van der Waals surface area contributed by atoms with Gasteiger partial charge in [-0.2, -0.15) is 17.9 Å². The average molecular weight is 466 g/mol. The highest BCUT2D eigenvalue weighted by atomic mass is 35.5. The Balaban J connectivity index is 2.05. The van der Waals surface area contributed by atoms with Crippen molar-refractivity contribution in [2.24, 2.45) is 0 Å². The maximum Gasteiger partial charge on any atom is 0.428 e. The Hall–Kier alpha value is -3.44. The Morgan fingerprint density at radius 3 is 2.53 bits per heavy atom. The van der Waals surface area contributed by atoms with Gasteiger partial charge in [0, 0.05) is 5.56 Å². The number of aromatic nitrogens is 5. The van der Waals surface area contributed by atoms with E-state index < -0.39 is 31.4 Å². The number of rotatable bonds is 5. The Morgan fingerprint density at radius 1 is 1.16 bits per heavy atom. The highest BCUT2D eigenvalue weighted by molar-refractivity contribution is 6.29. The first-order valence-corrected chi connectivity index (χ1v) is 9.79. The van der Waals surface area contributed by atoms with Gasteiger partial charge in [0.1, 0.15) is 10.8 Å². The van der Waals surface area contributed by atoms with Crippen molar-refractivity contribution in [2.45, 2.75) is 25.7 Å². The number of nitrogens with one attached hydrogen (secondary N) is 1. The van der Waals surface area contributed by atoms with Crippen LogP contribution in [0.3, 0.4) is 0 Å². The number of nitrogens with zero attached hydrogens (tertiary/aromatic N) is 4. The number of aromatic amines is 1. The summed E-state index contributed by atoms with van der Waals surface area (Å²) in [4.78, 5) is 21.2. The molecule has 0 atom stereocenters. The van der Waals surface area contributed by atoms with E-state index in [-0.39, 0.29) is 22.4 Å². The molecule has 0 saturated carbocycles. The van der Waals surface area contributed by atoms with Crippen LogP contribution in [0.5, 0.6) is 0 Å². The van der Waals surface area contributed by atoms with Crippen LogP contribution in [-0.4, -0.2) is 31.0 Å². The number of benzene rings is 1. The number of pyridine rings is 1. The molecule has 8 nitrogen and oxygen atoms in total. The number of nitrogen functional groups attached to an aromatic ring is 1. The summed E-state index contributed by atoms with van der Waals surface area (Å²) in [5.74, 6) is -0.197. The van der Waals surface area contributed by atoms with Crippen LogP contribution < -0.4 is 15.8 Å². The second kappa shape index (κ2) is 8.24. The average Bonchev–Trinajstić information content (AvgIpc) is 3.08. The molecule has 166 valence electrons. The molecule has 4 rings (SSSR count). The van der Waals surface area contributed by atoms with Crippen LogP contribution in [0.1, 0.15) is 12.1 Å². The number of aryl methyl sites for hydroxylation is 1. The molecule has 0 aliphatic heterocycles. The van der Waals surface area contributed by atoms with Crippen LogP contribution in [0, 0.1) is 0 Å². The third-order valence-corrected chi connectivity index (χ3v) is 4.97. The molecule has 0 unspecified atom stereocenters. The molecule has 0 radical (unpaired) electrons. The Bertz CT molecular complexity index is 1350. The van der Waals surface area contributed by atoms with Gasteiger partial charge in [0.05, 0.1) is 30.8 Å². The van der Waals surface area contributed by atoms with Crippen molar-refractivity contribution in [3.63, 3.8) is 0 Å². The summed E-state index contributed by atoms with van der Waals surface area (Å²) in [6, 6.07) is 12.0. The minimum absolute atomic E-state index is 0.0828. The van der Waals surface area contributed by atoms with Crippen molar-refractivity contribution >= 4 is 23.2 Å². The summed E-state index contributed by atoms with van der Waals surface area (Å²) >= 11 is 6.12. The van der Waals surface area contributed by atoms with Crippen LogP contribution >= 0.6 is 11.6 Å². The van der Waals surface area contributed by atoms with E-state index in [0.29, 0.717) is 22.4 Å². The molecule has 3 aromatic heterocycles. The van der Waals surface area contributed by atoms with Gasteiger partial charge in [-0.05, 0) is 17.7 Å². The number of aliphatic hydroxyl groups excluding tert-OH is 1. The number of halogens is 4. The Labute approximate surface area is 183 Å². The highest BCUT2D eigenvalue weighted by Crippen LogP contribution is 2.34. The van der Waals surface area contributed by atoms with Gasteiger partial charge in [0.25, 0.3) is 0 Å². The van der Waals surface area contributed by atoms with Gasteiger partial charge in [-0.25, -0.2) is 14.9 Å². The predicted octanol–water partition coefficient (Wildman–Crippen LogP) is 2.72. The second-order valence-electron chi connectivity index (χ2n) is 6.98. The zero-order valence-corrected chi connectivity index (χ0v) is 17.2. The van der Waals surface area contributed by atoms with E-state index in [1.165, 1.54) is 6.07 Å². The molecule has 0 spiro atoms. The normalized spacial score (nSPS) is 11.9. The number of hydrogen-bond donors (Lipinski definition) is 3. The van der Waals surface area contributed by atoms with E-state index in [1.54, 1.807) is 30.3 Å². The topological polar surface area (TPSA) is 114 Å². The molecule has 0 saturated heterocycles. The largest absolute Gasteiger partial charge is 0.428 e. The molecule has 0 aliphatic carbocycles. The molecule has 3 heterocycles. The standard InChI is InChI=1S/C20H16ClF3N6O2/c21-14-9-12(8-13(10-31)26-14)15-16(11-4-2-1-3-5-11)27-18(25)30-17(15)28-29(19(30)32)7-6-20(22,23)24/h1-5,8-9,31H,6-7,10H2,(H2,25,26,27,28)/p+1. The van der Waals surface area contributed by atoms with Gasteiger partial charge in [0.2, 0.25) is 5.65 Å². The molecule has 0 amide bonds. The summed E-state index contributed by atoms with van der Waals surface area (Å²) in [6.45, 7) is -1.02. The monoisotopic (exact) mass is 465 g/mol. The number of nitrogens with two attached hydrogens (primary N) is 1. The summed E-state index contributed by atoms with van der Waals surface area (Å²) in [6.07, 6.45) is -5.65. The molecular formula is C20H17ClF3N6O2+. The van der Waals surface area contributed by atoms with Gasteiger partial charge >= 0.3 is 17.8 Å². The molecule has 0 bridgehead atoms. The predicted molar refractivity (Wildman–Crippen MR) is 111 cm³/mol. The molecule has 4 aromatic rings. The van der Waals surface area contributed by atoms with Gasteiger partial charge < -0.3 is 10.8 Å². The Kier molecular flexibility index (Phi) is 5.61. The van der Waals surface area contributed by atoms with E-state index in [0.717, 1.165) is 9.08 Å². The fraction of sp³-hybridized carbons (Fsp3) is 0.200.